The van der Waals surface area contributed by atoms with Crippen LogP contribution in [0.15, 0.2) is 30.3 Å². The molecule has 1 aromatic carbocycles. The lowest BCUT2D eigenvalue weighted by Crippen LogP contribution is -2.63. The highest BCUT2D eigenvalue weighted by Gasteiger charge is 2.37. The van der Waals surface area contributed by atoms with E-state index >= 15 is 0 Å². The van der Waals surface area contributed by atoms with E-state index in [0.29, 0.717) is 55.8 Å². The maximum atomic E-state index is 14.1. The van der Waals surface area contributed by atoms with Crippen LogP contribution in [0.1, 0.15) is 45.7 Å². The molecule has 41 heavy (non-hydrogen) atoms. The predicted molar refractivity (Wildman–Crippen MR) is 159 cm³/mol. The van der Waals surface area contributed by atoms with Gasteiger partial charge in [-0.25, -0.2) is 4.39 Å². The van der Waals surface area contributed by atoms with Crippen LogP contribution in [0.25, 0.3) is 0 Å². The molecule has 1 amide bonds. The van der Waals surface area contributed by atoms with E-state index in [2.05, 4.69) is 41.2 Å². The summed E-state index contributed by atoms with van der Waals surface area (Å²) in [5, 5.41) is 6.96. The number of halogens is 1. The summed E-state index contributed by atoms with van der Waals surface area (Å²) in [5.74, 6) is 0.981. The van der Waals surface area contributed by atoms with Crippen LogP contribution >= 0.6 is 0 Å². The van der Waals surface area contributed by atoms with Gasteiger partial charge in [0.15, 0.2) is 0 Å². The topological polar surface area (TPSA) is 82.2 Å². The maximum Gasteiger partial charge on any atom is 0.241 e. The molecule has 1 aromatic heterocycles. The van der Waals surface area contributed by atoms with E-state index in [-0.39, 0.29) is 23.8 Å². The SMILES string of the molecule is CCNc1nc2c(cc1Cc1ccc(F)cc1)N(C(=O)CN1C[C@@H](C)NC[C@@H]1CN1[C@H](C)COC[C@H]1C)C(C)CO2. The summed E-state index contributed by atoms with van der Waals surface area (Å²) in [6.07, 6.45) is 0.562. The van der Waals surface area contributed by atoms with Crippen molar-refractivity contribution >= 4 is 17.4 Å². The number of anilines is 2. The average Bonchev–Trinajstić information content (AvgIpc) is 2.93. The van der Waals surface area contributed by atoms with Crippen LogP contribution in [-0.4, -0.2) is 103 Å². The Hall–Kier alpha value is -2.79. The van der Waals surface area contributed by atoms with Crippen LogP contribution in [0.2, 0.25) is 0 Å². The van der Waals surface area contributed by atoms with Gasteiger partial charge in [-0.2, -0.15) is 4.98 Å². The van der Waals surface area contributed by atoms with Crippen LogP contribution in [0, 0.1) is 5.82 Å². The molecule has 0 saturated carbocycles. The Bertz CT molecular complexity index is 1190. The van der Waals surface area contributed by atoms with Crippen LogP contribution in [0.3, 0.4) is 0 Å². The van der Waals surface area contributed by atoms with Crippen molar-refractivity contribution in [2.45, 2.75) is 71.2 Å². The molecule has 5 atom stereocenters. The number of ether oxygens (including phenoxy) is 2. The normalized spacial score (nSPS) is 27.3. The van der Waals surface area contributed by atoms with E-state index in [1.165, 1.54) is 12.1 Å². The van der Waals surface area contributed by atoms with E-state index in [0.717, 1.165) is 49.8 Å². The van der Waals surface area contributed by atoms with Crippen LogP contribution in [0.5, 0.6) is 5.88 Å². The standard InChI is InChI=1S/C31H45FN6O3/c1-6-33-30-25(11-24-7-9-26(32)10-8-24)12-28-31(35-30)41-19-23(5)38(28)29(39)16-36-14-20(2)34-13-27(36)15-37-21(3)17-40-18-22(37)4/h7-10,12,20-23,27,34H,6,11,13-19H2,1-5H3,(H,33,35)/t20-,21-,22-,23?,27-/m1/s1. The number of hydrogen-bond acceptors (Lipinski definition) is 8. The van der Waals surface area contributed by atoms with Crippen molar-refractivity contribution in [2.24, 2.45) is 0 Å². The van der Waals surface area contributed by atoms with Crippen molar-refractivity contribution in [3.8, 4) is 5.88 Å². The molecule has 0 spiro atoms. The number of rotatable bonds is 8. The first kappa shape index (κ1) is 29.7. The number of nitrogens with one attached hydrogen (secondary N) is 2. The molecule has 4 heterocycles. The molecule has 5 rings (SSSR count). The molecule has 2 aromatic rings. The van der Waals surface area contributed by atoms with Gasteiger partial charge in [0.2, 0.25) is 11.8 Å². The molecule has 3 aliphatic heterocycles. The highest BCUT2D eigenvalue weighted by Crippen LogP contribution is 2.37. The number of aromatic nitrogens is 1. The molecule has 0 bridgehead atoms. The summed E-state index contributed by atoms with van der Waals surface area (Å²) in [7, 11) is 0. The Morgan fingerprint density at radius 3 is 2.54 bits per heavy atom. The first-order chi connectivity index (χ1) is 19.7. The van der Waals surface area contributed by atoms with E-state index in [4.69, 9.17) is 14.5 Å². The molecule has 0 radical (unpaired) electrons. The summed E-state index contributed by atoms with van der Waals surface area (Å²) in [5.41, 5.74) is 2.61. The number of pyridine rings is 1. The average molecular weight is 569 g/mol. The first-order valence-electron chi connectivity index (χ1n) is 15.0. The third-order valence-electron chi connectivity index (χ3n) is 8.47. The fourth-order valence-electron chi connectivity index (χ4n) is 6.27. The van der Waals surface area contributed by atoms with Gasteiger partial charge in [-0.05, 0) is 58.4 Å². The number of amides is 1. The Kier molecular flexibility index (Phi) is 9.43. The molecule has 10 heteroatoms. The van der Waals surface area contributed by atoms with E-state index < -0.39 is 0 Å². The second-order valence-corrected chi connectivity index (χ2v) is 11.9. The van der Waals surface area contributed by atoms with Crippen LogP contribution in [0.4, 0.5) is 15.9 Å². The number of morpholine rings is 1. The maximum absolute atomic E-state index is 14.1. The fourth-order valence-corrected chi connectivity index (χ4v) is 6.27. The van der Waals surface area contributed by atoms with Gasteiger partial charge in [-0.3, -0.25) is 14.6 Å². The van der Waals surface area contributed by atoms with Crippen molar-refractivity contribution in [3.63, 3.8) is 0 Å². The minimum absolute atomic E-state index is 0.0509. The van der Waals surface area contributed by atoms with Gasteiger partial charge in [-0.1, -0.05) is 12.1 Å². The van der Waals surface area contributed by atoms with E-state index in [1.807, 2.05) is 24.8 Å². The van der Waals surface area contributed by atoms with Crippen LogP contribution in [-0.2, 0) is 16.0 Å². The Morgan fingerprint density at radius 1 is 1.10 bits per heavy atom. The zero-order valence-electron chi connectivity index (χ0n) is 25.0. The Morgan fingerprint density at radius 2 is 1.83 bits per heavy atom. The number of benzene rings is 1. The smallest absolute Gasteiger partial charge is 0.241 e. The van der Waals surface area contributed by atoms with Gasteiger partial charge in [0.1, 0.15) is 23.9 Å². The van der Waals surface area contributed by atoms with E-state index in [9.17, 15) is 9.18 Å². The monoisotopic (exact) mass is 568 g/mol. The number of piperazine rings is 1. The zero-order valence-corrected chi connectivity index (χ0v) is 25.0. The number of hydrogen-bond donors (Lipinski definition) is 2. The van der Waals surface area contributed by atoms with Crippen molar-refractivity contribution < 1.29 is 18.7 Å². The summed E-state index contributed by atoms with van der Waals surface area (Å²) in [6.45, 7) is 16.1. The van der Waals surface area contributed by atoms with Crippen molar-refractivity contribution in [1.29, 1.82) is 0 Å². The van der Waals surface area contributed by atoms with E-state index in [1.54, 1.807) is 12.1 Å². The van der Waals surface area contributed by atoms with Gasteiger partial charge in [-0.15, -0.1) is 0 Å². The van der Waals surface area contributed by atoms with Gasteiger partial charge in [0, 0.05) is 62.3 Å². The van der Waals surface area contributed by atoms with Gasteiger partial charge in [0.25, 0.3) is 0 Å². The highest BCUT2D eigenvalue weighted by atomic mass is 19.1. The zero-order chi connectivity index (χ0) is 29.1. The van der Waals surface area contributed by atoms with Gasteiger partial charge in [0.05, 0.1) is 25.8 Å². The largest absolute Gasteiger partial charge is 0.474 e. The van der Waals surface area contributed by atoms with Gasteiger partial charge >= 0.3 is 0 Å². The molecule has 224 valence electrons. The summed E-state index contributed by atoms with van der Waals surface area (Å²) in [4.78, 5) is 25.7. The summed E-state index contributed by atoms with van der Waals surface area (Å²) >= 11 is 0. The molecule has 2 saturated heterocycles. The minimum Gasteiger partial charge on any atom is -0.474 e. The van der Waals surface area contributed by atoms with Crippen molar-refractivity contribution in [1.82, 2.24) is 20.1 Å². The lowest BCUT2D eigenvalue weighted by molar-refractivity contribution is -0.122. The Labute approximate surface area is 243 Å². The molecular weight excluding hydrogens is 523 g/mol. The predicted octanol–water partition coefficient (Wildman–Crippen LogP) is 3.13. The third-order valence-corrected chi connectivity index (χ3v) is 8.47. The van der Waals surface area contributed by atoms with Gasteiger partial charge < -0.3 is 25.0 Å². The molecule has 0 aliphatic carbocycles. The number of carbonyl (C=O) groups is 1. The highest BCUT2D eigenvalue weighted by molar-refractivity contribution is 5.97. The molecular formula is C31H45FN6O3. The fraction of sp³-hybridized carbons (Fsp3) is 0.613. The third kappa shape index (κ3) is 6.83. The molecule has 1 unspecified atom stereocenters. The minimum atomic E-state index is -0.263. The molecule has 2 fully saturated rings. The molecule has 3 aliphatic rings. The summed E-state index contributed by atoms with van der Waals surface area (Å²) in [6, 6.07) is 9.62. The van der Waals surface area contributed by atoms with Crippen LogP contribution < -0.4 is 20.3 Å². The number of nitrogens with zero attached hydrogens (tertiary/aromatic N) is 4. The summed E-state index contributed by atoms with van der Waals surface area (Å²) < 4.78 is 25.3. The second-order valence-electron chi connectivity index (χ2n) is 11.9. The van der Waals surface area contributed by atoms with Crippen molar-refractivity contribution in [3.05, 3.63) is 47.3 Å². The molecule has 2 N–H and O–H groups in total. The van der Waals surface area contributed by atoms with Crippen molar-refractivity contribution in [2.75, 3.05) is 62.8 Å². The molecule has 9 nitrogen and oxygen atoms in total. The lowest BCUT2D eigenvalue weighted by Gasteiger charge is -2.46. The first-order valence-corrected chi connectivity index (χ1v) is 15.0. The quantitative estimate of drug-likeness (QED) is 0.503. The number of carbonyl (C=O) groups excluding carboxylic acids is 1. The number of fused-ring (bicyclic) bond motifs is 1. The second kappa shape index (κ2) is 13.0. The Balaban J connectivity index is 1.39. The lowest BCUT2D eigenvalue weighted by atomic mass is 10.0.